The Morgan fingerprint density at radius 2 is 1.93 bits per heavy atom. The predicted octanol–water partition coefficient (Wildman–Crippen LogP) is 4.44. The fourth-order valence-electron chi connectivity index (χ4n) is 4.70. The molecule has 0 bridgehead atoms. The number of hydrogen-bond donors (Lipinski definition) is 3. The molecular formula is C30H47N5O5. The molecule has 0 saturated carbocycles. The lowest BCUT2D eigenvalue weighted by molar-refractivity contribution is -0.139. The van der Waals surface area contributed by atoms with Gasteiger partial charge in [0.25, 0.3) is 5.91 Å². The van der Waals surface area contributed by atoms with E-state index in [-0.39, 0.29) is 17.7 Å². The molecule has 0 aliphatic carbocycles. The Kier molecular flexibility index (Phi) is 11.1. The minimum atomic E-state index is -1.08. The summed E-state index contributed by atoms with van der Waals surface area (Å²) in [6, 6.07) is 3.26. The Morgan fingerprint density at radius 1 is 1.15 bits per heavy atom. The van der Waals surface area contributed by atoms with Gasteiger partial charge in [-0.15, -0.1) is 0 Å². The van der Waals surface area contributed by atoms with E-state index in [1.807, 2.05) is 41.5 Å². The lowest BCUT2D eigenvalue weighted by atomic mass is 9.91. The summed E-state index contributed by atoms with van der Waals surface area (Å²) in [5.41, 5.74) is 1.82. The number of oxazole rings is 1. The van der Waals surface area contributed by atoms with Crippen LogP contribution < -0.4 is 10.6 Å². The van der Waals surface area contributed by atoms with Crippen LogP contribution in [0.25, 0.3) is 0 Å². The first-order valence-electron chi connectivity index (χ1n) is 14.4. The zero-order valence-electron chi connectivity index (χ0n) is 25.0. The van der Waals surface area contributed by atoms with Gasteiger partial charge in [-0.05, 0) is 77.5 Å². The monoisotopic (exact) mass is 557 g/mol. The van der Waals surface area contributed by atoms with E-state index in [1.54, 1.807) is 0 Å². The maximum atomic E-state index is 12.9. The van der Waals surface area contributed by atoms with Crippen LogP contribution in [0.5, 0.6) is 0 Å². The minimum absolute atomic E-state index is 0.125. The highest BCUT2D eigenvalue weighted by atomic mass is 16.5. The normalized spacial score (nSPS) is 14.5. The maximum absolute atomic E-state index is 12.9. The highest BCUT2D eigenvalue weighted by Crippen LogP contribution is 2.25. The SMILES string of the molecule is CC(C)(C)OCCN(CCCCc1ccc2c(n1)NCCC2)CCC(NC(=O)c1ncoc1C(C)(C)C)C(=O)O. The van der Waals surface area contributed by atoms with Crippen molar-refractivity contribution in [1.82, 2.24) is 20.2 Å². The van der Waals surface area contributed by atoms with E-state index in [1.165, 1.54) is 12.0 Å². The van der Waals surface area contributed by atoms with Gasteiger partial charge in [0.15, 0.2) is 12.1 Å². The molecule has 3 heterocycles. The smallest absolute Gasteiger partial charge is 0.326 e. The molecule has 2 aromatic heterocycles. The number of nitrogens with zero attached hydrogens (tertiary/aromatic N) is 3. The molecule has 0 radical (unpaired) electrons. The minimum Gasteiger partial charge on any atom is -0.480 e. The van der Waals surface area contributed by atoms with Gasteiger partial charge in [-0.1, -0.05) is 26.8 Å². The summed E-state index contributed by atoms with van der Waals surface area (Å²) in [6.45, 7) is 15.3. The van der Waals surface area contributed by atoms with E-state index < -0.39 is 23.3 Å². The number of ether oxygens (including phenoxy) is 1. The second-order valence-corrected chi connectivity index (χ2v) is 12.5. The summed E-state index contributed by atoms with van der Waals surface area (Å²) in [7, 11) is 0. The summed E-state index contributed by atoms with van der Waals surface area (Å²) in [5.74, 6) is -0.168. The first kappa shape index (κ1) is 31.5. The molecule has 40 heavy (non-hydrogen) atoms. The van der Waals surface area contributed by atoms with Gasteiger partial charge in [-0.2, -0.15) is 0 Å². The molecule has 1 amide bonds. The number of anilines is 1. The van der Waals surface area contributed by atoms with Crippen LogP contribution in [0.1, 0.15) is 94.7 Å². The first-order chi connectivity index (χ1) is 18.8. The lowest BCUT2D eigenvalue weighted by Gasteiger charge is -2.27. The number of carbonyl (C=O) groups excluding carboxylic acids is 1. The molecule has 0 saturated heterocycles. The molecular weight excluding hydrogens is 510 g/mol. The Morgan fingerprint density at radius 3 is 2.62 bits per heavy atom. The lowest BCUT2D eigenvalue weighted by Crippen LogP contribution is -2.44. The van der Waals surface area contributed by atoms with Crippen LogP contribution in [-0.4, -0.2) is 76.3 Å². The zero-order chi connectivity index (χ0) is 29.3. The Hall–Kier alpha value is -2.98. The van der Waals surface area contributed by atoms with E-state index in [2.05, 4.69) is 32.7 Å². The molecule has 1 unspecified atom stereocenters. The number of carboxylic acid groups (broad SMARTS) is 1. The van der Waals surface area contributed by atoms with E-state index >= 15 is 0 Å². The van der Waals surface area contributed by atoms with Gasteiger partial charge < -0.3 is 29.8 Å². The van der Waals surface area contributed by atoms with Crippen molar-refractivity contribution in [2.75, 3.05) is 38.1 Å². The molecule has 0 fully saturated rings. The van der Waals surface area contributed by atoms with Gasteiger partial charge >= 0.3 is 5.97 Å². The number of aliphatic carboxylic acids is 1. The van der Waals surface area contributed by atoms with Crippen LogP contribution in [0.3, 0.4) is 0 Å². The summed E-state index contributed by atoms with van der Waals surface area (Å²) in [6.07, 6.45) is 6.52. The van der Waals surface area contributed by atoms with Gasteiger partial charge in [0, 0.05) is 30.7 Å². The number of carbonyl (C=O) groups is 2. The fraction of sp³-hybridized carbons (Fsp3) is 0.667. The predicted molar refractivity (Wildman–Crippen MR) is 155 cm³/mol. The van der Waals surface area contributed by atoms with Gasteiger partial charge in [0.05, 0.1) is 12.2 Å². The van der Waals surface area contributed by atoms with Crippen molar-refractivity contribution in [3.63, 3.8) is 0 Å². The third kappa shape index (κ3) is 9.89. The van der Waals surface area contributed by atoms with Crippen molar-refractivity contribution in [3.8, 4) is 0 Å². The van der Waals surface area contributed by atoms with Crippen molar-refractivity contribution in [2.45, 2.75) is 97.1 Å². The number of carboxylic acids is 1. The number of rotatable bonds is 14. The standard InChI is InChI=1S/C30H47N5O5/c1-29(2,3)25-24(32-20-39-25)27(36)34-23(28(37)38)14-17-35(18-19-40-30(4,5)6)16-8-7-11-22-13-12-21-10-9-15-31-26(21)33-22/h12-13,20,23H,7-11,14-19H2,1-6H3,(H,31,33)(H,34,36)(H,37,38). The van der Waals surface area contributed by atoms with Crippen LogP contribution in [0.4, 0.5) is 5.82 Å². The van der Waals surface area contributed by atoms with E-state index in [0.29, 0.717) is 25.5 Å². The number of unbranched alkanes of at least 4 members (excludes halogenated alkanes) is 1. The van der Waals surface area contributed by atoms with Gasteiger partial charge in [-0.25, -0.2) is 14.8 Å². The fourth-order valence-corrected chi connectivity index (χ4v) is 4.70. The third-order valence-corrected chi connectivity index (χ3v) is 6.85. The van der Waals surface area contributed by atoms with E-state index in [9.17, 15) is 14.7 Å². The van der Waals surface area contributed by atoms with Crippen molar-refractivity contribution in [3.05, 3.63) is 41.2 Å². The summed E-state index contributed by atoms with van der Waals surface area (Å²) >= 11 is 0. The number of nitrogens with one attached hydrogen (secondary N) is 2. The van der Waals surface area contributed by atoms with Crippen LogP contribution in [-0.2, 0) is 27.8 Å². The highest BCUT2D eigenvalue weighted by molar-refractivity contribution is 5.96. The van der Waals surface area contributed by atoms with Crippen molar-refractivity contribution in [1.29, 1.82) is 0 Å². The highest BCUT2D eigenvalue weighted by Gasteiger charge is 2.30. The Labute approximate surface area is 238 Å². The van der Waals surface area contributed by atoms with Crippen LogP contribution in [0.2, 0.25) is 0 Å². The molecule has 0 spiro atoms. The Bertz CT molecular complexity index is 1120. The molecule has 222 valence electrons. The second-order valence-electron chi connectivity index (χ2n) is 12.5. The molecule has 10 heteroatoms. The van der Waals surface area contributed by atoms with Crippen LogP contribution >= 0.6 is 0 Å². The number of pyridine rings is 1. The molecule has 3 N–H and O–H groups in total. The average Bonchev–Trinajstić information content (AvgIpc) is 3.38. The number of aromatic nitrogens is 2. The number of fused-ring (bicyclic) bond motifs is 1. The molecule has 0 aromatic carbocycles. The summed E-state index contributed by atoms with van der Waals surface area (Å²) in [5, 5.41) is 15.9. The number of aryl methyl sites for hydroxylation is 2. The zero-order valence-corrected chi connectivity index (χ0v) is 25.0. The second kappa shape index (κ2) is 14.1. The van der Waals surface area contributed by atoms with Crippen molar-refractivity contribution < 1.29 is 23.8 Å². The first-order valence-corrected chi connectivity index (χ1v) is 14.4. The quantitative estimate of drug-likeness (QED) is 0.289. The molecule has 1 aliphatic heterocycles. The summed E-state index contributed by atoms with van der Waals surface area (Å²) in [4.78, 5) is 36.0. The largest absolute Gasteiger partial charge is 0.480 e. The topological polar surface area (TPSA) is 130 Å². The average molecular weight is 558 g/mol. The van der Waals surface area contributed by atoms with Crippen molar-refractivity contribution >= 4 is 17.7 Å². The molecule has 10 nitrogen and oxygen atoms in total. The van der Waals surface area contributed by atoms with E-state index in [0.717, 1.165) is 56.7 Å². The third-order valence-electron chi connectivity index (χ3n) is 6.85. The molecule has 2 aromatic rings. The molecule has 3 rings (SSSR count). The molecule has 1 aliphatic rings. The van der Waals surface area contributed by atoms with Crippen molar-refractivity contribution in [2.24, 2.45) is 0 Å². The number of hydrogen-bond acceptors (Lipinski definition) is 8. The maximum Gasteiger partial charge on any atom is 0.326 e. The van der Waals surface area contributed by atoms with Gasteiger partial charge in [0.1, 0.15) is 17.6 Å². The summed E-state index contributed by atoms with van der Waals surface area (Å²) < 4.78 is 11.4. The molecule has 1 atom stereocenters. The Balaban J connectivity index is 1.55. The number of amides is 1. The van der Waals surface area contributed by atoms with E-state index in [4.69, 9.17) is 14.1 Å². The van der Waals surface area contributed by atoms with Crippen LogP contribution in [0.15, 0.2) is 22.9 Å². The van der Waals surface area contributed by atoms with Gasteiger partial charge in [0.2, 0.25) is 0 Å². The van der Waals surface area contributed by atoms with Crippen LogP contribution in [0, 0.1) is 0 Å². The van der Waals surface area contributed by atoms with Gasteiger partial charge in [-0.3, -0.25) is 4.79 Å².